The highest BCUT2D eigenvalue weighted by Crippen LogP contribution is 2.23. The van der Waals surface area contributed by atoms with Crippen LogP contribution in [-0.4, -0.2) is 51.3 Å². The number of nitrogens with zero attached hydrogens (tertiary/aromatic N) is 2. The predicted octanol–water partition coefficient (Wildman–Crippen LogP) is 3.51. The zero-order valence-electron chi connectivity index (χ0n) is 14.5. The number of nitrogens with one attached hydrogen (secondary N) is 1. The molecule has 1 unspecified atom stereocenters. The van der Waals surface area contributed by atoms with Crippen molar-refractivity contribution < 1.29 is 9.47 Å². The first-order valence-corrected chi connectivity index (χ1v) is 8.83. The minimum absolute atomic E-state index is 0. The lowest BCUT2D eigenvalue weighted by molar-refractivity contribution is 0.181. The number of hydrogen-bond donors (Lipinski definition) is 1. The second-order valence-electron chi connectivity index (χ2n) is 5.74. The molecule has 5 nitrogen and oxygen atoms in total. The maximum Gasteiger partial charge on any atom is 0.193 e. The molecular formula is C17H27BrIN3O2. The summed E-state index contributed by atoms with van der Waals surface area (Å²) in [7, 11) is 3.77. The summed E-state index contributed by atoms with van der Waals surface area (Å²) < 4.78 is 11.9. The molecule has 0 aliphatic carbocycles. The largest absolute Gasteiger partial charge is 0.496 e. The van der Waals surface area contributed by atoms with Crippen molar-refractivity contribution in [1.29, 1.82) is 0 Å². The molecule has 1 heterocycles. The van der Waals surface area contributed by atoms with Crippen molar-refractivity contribution in [3.05, 3.63) is 28.2 Å². The van der Waals surface area contributed by atoms with E-state index in [9.17, 15) is 0 Å². The number of methoxy groups -OCH3 is 1. The van der Waals surface area contributed by atoms with Crippen molar-refractivity contribution in [2.75, 3.05) is 40.5 Å². The van der Waals surface area contributed by atoms with E-state index in [1.807, 2.05) is 12.1 Å². The monoisotopic (exact) mass is 511 g/mol. The summed E-state index contributed by atoms with van der Waals surface area (Å²) in [4.78, 5) is 6.95. The molecular weight excluding hydrogens is 485 g/mol. The van der Waals surface area contributed by atoms with Gasteiger partial charge in [0.25, 0.3) is 0 Å². The number of guanidine groups is 1. The Balaban J connectivity index is 0.00000288. The fourth-order valence-corrected chi connectivity index (χ4v) is 3.11. The molecule has 0 saturated carbocycles. The molecule has 24 heavy (non-hydrogen) atoms. The number of halogens is 2. The maximum absolute atomic E-state index is 5.46. The normalized spacial score (nSPS) is 17.3. The molecule has 0 spiro atoms. The third-order valence-corrected chi connectivity index (χ3v) is 4.39. The quantitative estimate of drug-likeness (QED) is 0.360. The summed E-state index contributed by atoms with van der Waals surface area (Å²) in [5.41, 5.74) is 1.06. The molecule has 1 atom stereocenters. The molecule has 1 saturated heterocycles. The third-order valence-electron chi connectivity index (χ3n) is 3.89. The first-order chi connectivity index (χ1) is 11.1. The van der Waals surface area contributed by atoms with Crippen molar-refractivity contribution >= 4 is 45.9 Å². The van der Waals surface area contributed by atoms with Crippen LogP contribution in [0.15, 0.2) is 27.7 Å². The molecule has 0 bridgehead atoms. The van der Waals surface area contributed by atoms with E-state index in [-0.39, 0.29) is 24.0 Å². The van der Waals surface area contributed by atoms with Crippen LogP contribution in [0.3, 0.4) is 0 Å². The van der Waals surface area contributed by atoms with Crippen LogP contribution in [0, 0.1) is 5.92 Å². The van der Waals surface area contributed by atoms with E-state index in [2.05, 4.69) is 46.2 Å². The van der Waals surface area contributed by atoms with Crippen molar-refractivity contribution in [1.82, 2.24) is 10.2 Å². The lowest BCUT2D eigenvalue weighted by Crippen LogP contribution is -2.41. The van der Waals surface area contributed by atoms with Crippen LogP contribution >= 0.6 is 39.9 Å². The van der Waals surface area contributed by atoms with Crippen molar-refractivity contribution in [3.8, 4) is 5.75 Å². The van der Waals surface area contributed by atoms with Crippen LogP contribution < -0.4 is 10.1 Å². The Bertz CT molecular complexity index is 537. The average Bonchev–Trinajstić information content (AvgIpc) is 3.04. The van der Waals surface area contributed by atoms with Crippen molar-refractivity contribution in [2.45, 2.75) is 19.9 Å². The first kappa shape index (κ1) is 21.5. The Morgan fingerprint density at radius 2 is 2.29 bits per heavy atom. The smallest absolute Gasteiger partial charge is 0.193 e. The summed E-state index contributed by atoms with van der Waals surface area (Å²) in [6, 6.07) is 5.99. The topological polar surface area (TPSA) is 46.1 Å². The van der Waals surface area contributed by atoms with Crippen molar-refractivity contribution in [2.24, 2.45) is 10.9 Å². The SMILES string of the molecule is CCNC(=NCc1cc(Br)ccc1OC)N(C)CC1CCOC1.I. The van der Waals surface area contributed by atoms with Gasteiger partial charge in [-0.05, 0) is 31.5 Å². The molecule has 1 aromatic rings. The van der Waals surface area contributed by atoms with Gasteiger partial charge in [-0.15, -0.1) is 24.0 Å². The van der Waals surface area contributed by atoms with Gasteiger partial charge in [-0.2, -0.15) is 0 Å². The Hall–Kier alpha value is -0.540. The highest BCUT2D eigenvalue weighted by atomic mass is 127. The second kappa shape index (κ2) is 11.1. The van der Waals surface area contributed by atoms with E-state index < -0.39 is 0 Å². The molecule has 0 radical (unpaired) electrons. The van der Waals surface area contributed by atoms with Crippen LogP contribution in [-0.2, 0) is 11.3 Å². The van der Waals surface area contributed by atoms with Crippen LogP contribution in [0.2, 0.25) is 0 Å². The van der Waals surface area contributed by atoms with Gasteiger partial charge in [-0.3, -0.25) is 0 Å². The average molecular weight is 512 g/mol. The summed E-state index contributed by atoms with van der Waals surface area (Å²) in [6.45, 7) is 6.20. The molecule has 1 aliphatic rings. The fourth-order valence-electron chi connectivity index (χ4n) is 2.70. The van der Waals surface area contributed by atoms with Gasteiger partial charge >= 0.3 is 0 Å². The number of hydrogen-bond acceptors (Lipinski definition) is 3. The van der Waals surface area contributed by atoms with Crippen LogP contribution in [0.1, 0.15) is 18.9 Å². The van der Waals surface area contributed by atoms with Gasteiger partial charge in [0.05, 0.1) is 20.3 Å². The number of rotatable bonds is 6. The van der Waals surface area contributed by atoms with Crippen LogP contribution in [0.4, 0.5) is 0 Å². The van der Waals surface area contributed by atoms with Crippen molar-refractivity contribution in [3.63, 3.8) is 0 Å². The molecule has 2 rings (SSSR count). The zero-order chi connectivity index (χ0) is 16.7. The minimum Gasteiger partial charge on any atom is -0.496 e. The molecule has 7 heteroatoms. The summed E-state index contributed by atoms with van der Waals surface area (Å²) in [5.74, 6) is 2.37. The highest BCUT2D eigenvalue weighted by Gasteiger charge is 2.19. The second-order valence-corrected chi connectivity index (χ2v) is 6.65. The Labute approximate surface area is 170 Å². The first-order valence-electron chi connectivity index (χ1n) is 8.03. The Morgan fingerprint density at radius 1 is 1.50 bits per heavy atom. The summed E-state index contributed by atoms with van der Waals surface area (Å²) in [5, 5.41) is 3.36. The molecule has 1 aromatic carbocycles. The van der Waals surface area contributed by atoms with Gasteiger partial charge in [0.1, 0.15) is 5.75 Å². The minimum atomic E-state index is 0. The van der Waals surface area contributed by atoms with Gasteiger partial charge < -0.3 is 19.7 Å². The third kappa shape index (κ3) is 6.40. The molecule has 1 aliphatic heterocycles. The number of benzene rings is 1. The standard InChI is InChI=1S/C17H26BrN3O2.HI/c1-4-19-17(21(2)11-13-7-8-23-12-13)20-10-14-9-15(18)5-6-16(14)22-3;/h5-6,9,13H,4,7-8,10-12H2,1-3H3,(H,19,20);1H. The van der Waals surface area contributed by atoms with Gasteiger partial charge in [-0.25, -0.2) is 4.99 Å². The van der Waals surface area contributed by atoms with E-state index in [0.717, 1.165) is 54.5 Å². The zero-order valence-corrected chi connectivity index (χ0v) is 18.5. The highest BCUT2D eigenvalue weighted by molar-refractivity contribution is 14.0. The Kier molecular flexibility index (Phi) is 9.99. The lowest BCUT2D eigenvalue weighted by atomic mass is 10.1. The molecule has 1 N–H and O–H groups in total. The van der Waals surface area contributed by atoms with Crippen LogP contribution in [0.5, 0.6) is 5.75 Å². The summed E-state index contributed by atoms with van der Waals surface area (Å²) in [6.07, 6.45) is 1.13. The summed E-state index contributed by atoms with van der Waals surface area (Å²) >= 11 is 3.51. The van der Waals surface area contributed by atoms with Gasteiger partial charge in [-0.1, -0.05) is 15.9 Å². The number of ether oxygens (including phenoxy) is 2. The van der Waals surface area contributed by atoms with E-state index >= 15 is 0 Å². The van der Waals surface area contributed by atoms with Crippen LogP contribution in [0.25, 0.3) is 0 Å². The fraction of sp³-hybridized carbons (Fsp3) is 0.588. The van der Waals surface area contributed by atoms with E-state index in [0.29, 0.717) is 12.5 Å². The van der Waals surface area contributed by atoms with E-state index in [4.69, 9.17) is 14.5 Å². The molecule has 0 aromatic heterocycles. The van der Waals surface area contributed by atoms with Gasteiger partial charge in [0.15, 0.2) is 5.96 Å². The molecule has 1 fully saturated rings. The van der Waals surface area contributed by atoms with Gasteiger partial charge in [0.2, 0.25) is 0 Å². The number of aliphatic imine (C=N–C) groups is 1. The maximum atomic E-state index is 5.46. The molecule has 0 amide bonds. The Morgan fingerprint density at radius 3 is 2.92 bits per heavy atom. The predicted molar refractivity (Wildman–Crippen MR) is 112 cm³/mol. The van der Waals surface area contributed by atoms with E-state index in [1.165, 1.54) is 0 Å². The lowest BCUT2D eigenvalue weighted by Gasteiger charge is -2.24. The molecule has 136 valence electrons. The van der Waals surface area contributed by atoms with Gasteiger partial charge in [0, 0.05) is 42.7 Å². The van der Waals surface area contributed by atoms with E-state index in [1.54, 1.807) is 7.11 Å².